The molecule has 128 valence electrons. The number of piperazine rings is 1. The van der Waals surface area contributed by atoms with Gasteiger partial charge in [0, 0.05) is 38.0 Å². The van der Waals surface area contributed by atoms with Gasteiger partial charge in [-0.25, -0.2) is 0 Å². The Bertz CT molecular complexity index is 482. The number of unbranched alkanes of at least 4 members (excludes halogenated alkanes) is 1. The van der Waals surface area contributed by atoms with Crippen LogP contribution in [0.15, 0.2) is 30.3 Å². The lowest BCUT2D eigenvalue weighted by Crippen LogP contribution is -2.58. The number of nitrogens with two attached hydrogens (primary N) is 1. The molecule has 0 aliphatic carbocycles. The van der Waals surface area contributed by atoms with Crippen LogP contribution >= 0.6 is 12.6 Å². The maximum atomic E-state index is 12.9. The molecule has 1 aliphatic heterocycles. The normalized spacial score (nSPS) is 20.7. The van der Waals surface area contributed by atoms with Crippen LogP contribution in [0, 0.1) is 0 Å². The van der Waals surface area contributed by atoms with Gasteiger partial charge in [0.05, 0.1) is 6.04 Å². The number of amides is 1. The van der Waals surface area contributed by atoms with Crippen LogP contribution < -0.4 is 5.73 Å². The number of rotatable bonds is 8. The predicted molar refractivity (Wildman–Crippen MR) is 98.6 cm³/mol. The lowest BCUT2D eigenvalue weighted by Gasteiger charge is -2.41. The summed E-state index contributed by atoms with van der Waals surface area (Å²) < 4.78 is 0. The minimum Gasteiger partial charge on any atom is -0.336 e. The van der Waals surface area contributed by atoms with Gasteiger partial charge in [0.15, 0.2) is 0 Å². The van der Waals surface area contributed by atoms with Crippen molar-refractivity contribution >= 4 is 18.5 Å². The zero-order valence-electron chi connectivity index (χ0n) is 14.0. The second-order valence-electron chi connectivity index (χ2n) is 6.34. The third-order valence-corrected chi connectivity index (χ3v) is 4.91. The van der Waals surface area contributed by atoms with E-state index in [-0.39, 0.29) is 18.0 Å². The van der Waals surface area contributed by atoms with Crippen LogP contribution in [0.1, 0.15) is 31.7 Å². The lowest BCUT2D eigenvalue weighted by molar-refractivity contribution is -0.143. The summed E-state index contributed by atoms with van der Waals surface area (Å²) in [5, 5.41) is 0. The Kier molecular flexibility index (Phi) is 7.40. The summed E-state index contributed by atoms with van der Waals surface area (Å²) in [6.45, 7) is 5.29. The maximum Gasteiger partial charge on any atom is 0.240 e. The largest absolute Gasteiger partial charge is 0.336 e. The molecule has 0 bridgehead atoms. The molecule has 4 nitrogen and oxygen atoms in total. The Labute approximate surface area is 145 Å². The molecule has 23 heavy (non-hydrogen) atoms. The SMILES string of the molecule is CCCCC1C(=O)N(Cc2ccccc2)CCN1CC(N)CS. The van der Waals surface area contributed by atoms with E-state index in [1.165, 1.54) is 5.56 Å². The van der Waals surface area contributed by atoms with E-state index in [2.05, 4.69) is 36.6 Å². The van der Waals surface area contributed by atoms with E-state index in [1.807, 2.05) is 23.1 Å². The molecular formula is C18H29N3OS. The Morgan fingerprint density at radius 2 is 2.04 bits per heavy atom. The molecule has 1 amide bonds. The quantitative estimate of drug-likeness (QED) is 0.716. The van der Waals surface area contributed by atoms with E-state index in [1.54, 1.807) is 0 Å². The second-order valence-corrected chi connectivity index (χ2v) is 6.71. The molecule has 0 radical (unpaired) electrons. The van der Waals surface area contributed by atoms with Crippen molar-refractivity contribution in [2.24, 2.45) is 5.73 Å². The first-order chi connectivity index (χ1) is 11.2. The molecule has 1 aromatic carbocycles. The third-order valence-electron chi connectivity index (χ3n) is 4.45. The van der Waals surface area contributed by atoms with Crippen LogP contribution in [0.4, 0.5) is 0 Å². The Hall–Kier alpha value is -1.04. The van der Waals surface area contributed by atoms with Crippen LogP contribution in [0.25, 0.3) is 0 Å². The summed E-state index contributed by atoms with van der Waals surface area (Å²) in [6, 6.07) is 10.2. The Morgan fingerprint density at radius 3 is 2.70 bits per heavy atom. The van der Waals surface area contributed by atoms with Gasteiger partial charge in [-0.1, -0.05) is 50.1 Å². The zero-order valence-corrected chi connectivity index (χ0v) is 14.9. The zero-order chi connectivity index (χ0) is 16.7. The molecule has 2 atom stereocenters. The molecule has 1 saturated heterocycles. The van der Waals surface area contributed by atoms with Crippen LogP contribution in [-0.2, 0) is 11.3 Å². The van der Waals surface area contributed by atoms with Gasteiger partial charge in [0.2, 0.25) is 5.91 Å². The minimum absolute atomic E-state index is 0.0240. The van der Waals surface area contributed by atoms with E-state index >= 15 is 0 Å². The van der Waals surface area contributed by atoms with Crippen molar-refractivity contribution in [3.05, 3.63) is 35.9 Å². The van der Waals surface area contributed by atoms with E-state index in [0.29, 0.717) is 12.3 Å². The summed E-state index contributed by atoms with van der Waals surface area (Å²) in [6.07, 6.45) is 3.09. The van der Waals surface area contributed by atoms with Gasteiger partial charge in [-0.15, -0.1) is 0 Å². The summed E-state index contributed by atoms with van der Waals surface area (Å²) in [4.78, 5) is 17.2. The summed E-state index contributed by atoms with van der Waals surface area (Å²) >= 11 is 4.27. The van der Waals surface area contributed by atoms with Crippen molar-refractivity contribution in [2.45, 2.75) is 44.8 Å². The van der Waals surface area contributed by atoms with Gasteiger partial charge < -0.3 is 10.6 Å². The van der Waals surface area contributed by atoms with E-state index in [4.69, 9.17) is 5.73 Å². The maximum absolute atomic E-state index is 12.9. The van der Waals surface area contributed by atoms with Crippen molar-refractivity contribution in [3.63, 3.8) is 0 Å². The highest BCUT2D eigenvalue weighted by Gasteiger charge is 2.34. The fraction of sp³-hybridized carbons (Fsp3) is 0.611. The van der Waals surface area contributed by atoms with Crippen LogP contribution in [0.2, 0.25) is 0 Å². The predicted octanol–water partition coefficient (Wildman–Crippen LogP) is 2.15. The average Bonchev–Trinajstić information content (AvgIpc) is 2.57. The third kappa shape index (κ3) is 5.23. The highest BCUT2D eigenvalue weighted by molar-refractivity contribution is 7.80. The second kappa shape index (κ2) is 9.30. The Balaban J connectivity index is 2.04. The van der Waals surface area contributed by atoms with Crippen LogP contribution in [0.3, 0.4) is 0 Å². The smallest absolute Gasteiger partial charge is 0.240 e. The monoisotopic (exact) mass is 335 g/mol. The van der Waals surface area contributed by atoms with Crippen molar-refractivity contribution in [2.75, 3.05) is 25.4 Å². The molecule has 1 aliphatic rings. The van der Waals surface area contributed by atoms with Gasteiger partial charge in [0.25, 0.3) is 0 Å². The van der Waals surface area contributed by atoms with Crippen molar-refractivity contribution in [1.82, 2.24) is 9.80 Å². The molecular weight excluding hydrogens is 306 g/mol. The lowest BCUT2D eigenvalue weighted by atomic mass is 10.0. The van der Waals surface area contributed by atoms with Gasteiger partial charge in [-0.3, -0.25) is 9.69 Å². The van der Waals surface area contributed by atoms with Gasteiger partial charge in [-0.2, -0.15) is 12.6 Å². The molecule has 1 heterocycles. The first kappa shape index (κ1) is 18.3. The molecule has 2 rings (SSSR count). The number of thiol groups is 1. The first-order valence-corrected chi connectivity index (χ1v) is 9.22. The standard InChI is InChI=1S/C18H29N3OS/c1-2-3-9-17-18(22)21(12-15-7-5-4-6-8-15)11-10-20(17)13-16(19)14-23/h4-8,16-17,23H,2-3,9-14,19H2,1H3. The minimum atomic E-state index is -0.0293. The van der Waals surface area contributed by atoms with E-state index < -0.39 is 0 Å². The van der Waals surface area contributed by atoms with Crippen molar-refractivity contribution in [3.8, 4) is 0 Å². The molecule has 5 heteroatoms. The topological polar surface area (TPSA) is 49.6 Å². The molecule has 0 spiro atoms. The summed E-state index contributed by atoms with van der Waals surface area (Å²) in [5.41, 5.74) is 7.25. The molecule has 2 N–H and O–H groups in total. The number of carbonyl (C=O) groups is 1. The van der Waals surface area contributed by atoms with Crippen molar-refractivity contribution < 1.29 is 4.79 Å². The highest BCUT2D eigenvalue weighted by Crippen LogP contribution is 2.19. The van der Waals surface area contributed by atoms with Crippen molar-refractivity contribution in [1.29, 1.82) is 0 Å². The summed E-state index contributed by atoms with van der Waals surface area (Å²) in [7, 11) is 0. The van der Waals surface area contributed by atoms with Gasteiger partial charge in [0.1, 0.15) is 0 Å². The van der Waals surface area contributed by atoms with Crippen LogP contribution in [-0.4, -0.2) is 53.2 Å². The number of hydrogen-bond donors (Lipinski definition) is 2. The number of hydrogen-bond acceptors (Lipinski definition) is 4. The van der Waals surface area contributed by atoms with Gasteiger partial charge >= 0.3 is 0 Å². The van der Waals surface area contributed by atoms with E-state index in [9.17, 15) is 4.79 Å². The van der Waals surface area contributed by atoms with Gasteiger partial charge in [-0.05, 0) is 12.0 Å². The fourth-order valence-corrected chi connectivity index (χ4v) is 3.24. The molecule has 1 aromatic rings. The molecule has 0 saturated carbocycles. The first-order valence-electron chi connectivity index (χ1n) is 8.59. The fourth-order valence-electron chi connectivity index (χ4n) is 3.12. The number of benzene rings is 1. The highest BCUT2D eigenvalue weighted by atomic mass is 32.1. The molecule has 2 unspecified atom stereocenters. The number of carbonyl (C=O) groups excluding carboxylic acids is 1. The summed E-state index contributed by atoms with van der Waals surface area (Å²) in [5.74, 6) is 0.902. The number of nitrogens with zero attached hydrogens (tertiary/aromatic N) is 2. The molecule has 0 aromatic heterocycles. The molecule has 1 fully saturated rings. The Morgan fingerprint density at radius 1 is 1.30 bits per heavy atom. The van der Waals surface area contributed by atoms with E-state index in [0.717, 1.165) is 38.9 Å². The average molecular weight is 336 g/mol. The van der Waals surface area contributed by atoms with Crippen LogP contribution in [0.5, 0.6) is 0 Å².